The van der Waals surface area contributed by atoms with Crippen LogP contribution >= 0.6 is 15.9 Å². The number of ketones is 1. The number of halogens is 1. The minimum absolute atomic E-state index is 0.170. The van der Waals surface area contributed by atoms with E-state index in [1.165, 1.54) is 6.92 Å². The van der Waals surface area contributed by atoms with Gasteiger partial charge >= 0.3 is 5.97 Å². The van der Waals surface area contributed by atoms with Gasteiger partial charge in [0.1, 0.15) is 18.3 Å². The Morgan fingerprint density at radius 2 is 2.06 bits per heavy atom. The van der Waals surface area contributed by atoms with E-state index in [0.29, 0.717) is 0 Å². The molecule has 1 atom stereocenters. The molecule has 1 aromatic rings. The molecule has 0 N–H and O–H groups in total. The molecule has 88 valence electrons. The van der Waals surface area contributed by atoms with E-state index in [2.05, 4.69) is 15.9 Å². The first kappa shape index (κ1) is 12.0. The average molecular weight is 295 g/mol. The normalized spacial score (nSPS) is 21.6. The Bertz CT molecular complexity index is 488. The second-order valence-corrected chi connectivity index (χ2v) is 4.84. The molecule has 2 rings (SSSR count). The summed E-state index contributed by atoms with van der Waals surface area (Å²) >= 11 is 3.35. The zero-order chi connectivity index (χ0) is 12.4. The third-order valence-electron chi connectivity index (χ3n) is 2.62. The summed E-state index contributed by atoms with van der Waals surface area (Å²) in [7, 11) is 0. The topological polar surface area (TPSA) is 43.4 Å². The minimum Gasteiger partial charge on any atom is -0.460 e. The quantitative estimate of drug-likeness (QED) is 0.622. The fraction of sp³-hybridized carbons (Fsp3) is 0.231. The smallest absolute Gasteiger partial charge is 0.321 e. The number of ether oxygens (including phenoxy) is 1. The number of esters is 1. The molecule has 1 fully saturated rings. The zero-order valence-electron chi connectivity index (χ0n) is 9.27. The molecule has 17 heavy (non-hydrogen) atoms. The van der Waals surface area contributed by atoms with Crippen molar-refractivity contribution in [3.05, 3.63) is 39.9 Å². The monoisotopic (exact) mass is 294 g/mol. The number of rotatable bonds is 2. The van der Waals surface area contributed by atoms with Gasteiger partial charge in [-0.15, -0.1) is 0 Å². The molecule has 1 aliphatic heterocycles. The molecule has 1 aromatic carbocycles. The van der Waals surface area contributed by atoms with E-state index in [-0.39, 0.29) is 12.4 Å². The first-order valence-corrected chi connectivity index (χ1v) is 6.00. The van der Waals surface area contributed by atoms with E-state index in [1.807, 2.05) is 30.3 Å². The molecule has 1 saturated heterocycles. The van der Waals surface area contributed by atoms with Gasteiger partial charge in [0.2, 0.25) is 0 Å². The maximum Gasteiger partial charge on any atom is 0.321 e. The molecule has 0 radical (unpaired) electrons. The van der Waals surface area contributed by atoms with Gasteiger partial charge in [0.25, 0.3) is 0 Å². The highest BCUT2D eigenvalue weighted by Crippen LogP contribution is 2.25. The van der Waals surface area contributed by atoms with Crippen LogP contribution in [-0.2, 0) is 14.3 Å². The first-order chi connectivity index (χ1) is 8.08. The van der Waals surface area contributed by atoms with Crippen molar-refractivity contribution >= 4 is 33.8 Å². The van der Waals surface area contributed by atoms with Crippen LogP contribution in [0.15, 0.2) is 34.3 Å². The Kier molecular flexibility index (Phi) is 3.43. The Hall–Kier alpha value is -1.42. The number of carbonyl (C=O) groups is 2. The number of cyclic esters (lactones) is 1. The SMILES string of the molecule is CC(=O)C1C(=O)OCC1=Cc1ccc(Br)cc1. The van der Waals surface area contributed by atoms with Crippen LogP contribution in [0.2, 0.25) is 0 Å². The summed E-state index contributed by atoms with van der Waals surface area (Å²) in [6.45, 7) is 1.62. The molecular formula is C13H11BrO3. The van der Waals surface area contributed by atoms with Gasteiger partial charge in [-0.2, -0.15) is 0 Å². The summed E-state index contributed by atoms with van der Waals surface area (Å²) in [6.07, 6.45) is 1.84. The summed E-state index contributed by atoms with van der Waals surface area (Å²) in [5, 5.41) is 0. The van der Waals surface area contributed by atoms with Crippen LogP contribution in [0.5, 0.6) is 0 Å². The van der Waals surface area contributed by atoms with E-state index >= 15 is 0 Å². The molecule has 1 unspecified atom stereocenters. The van der Waals surface area contributed by atoms with Gasteiger partial charge in [0.05, 0.1) is 0 Å². The van der Waals surface area contributed by atoms with Crippen LogP contribution < -0.4 is 0 Å². The third kappa shape index (κ3) is 2.64. The number of carbonyl (C=O) groups excluding carboxylic acids is 2. The second-order valence-electron chi connectivity index (χ2n) is 3.92. The Labute approximate surface area is 108 Å². The van der Waals surface area contributed by atoms with Crippen molar-refractivity contribution in [2.45, 2.75) is 6.92 Å². The molecule has 1 aliphatic rings. The average Bonchev–Trinajstić information content (AvgIpc) is 2.63. The molecular weight excluding hydrogens is 284 g/mol. The molecule has 3 nitrogen and oxygen atoms in total. The lowest BCUT2D eigenvalue weighted by atomic mass is 9.96. The lowest BCUT2D eigenvalue weighted by Gasteiger charge is -2.02. The van der Waals surface area contributed by atoms with Crippen molar-refractivity contribution in [1.82, 2.24) is 0 Å². The van der Waals surface area contributed by atoms with Gasteiger partial charge < -0.3 is 4.74 Å². The van der Waals surface area contributed by atoms with Crippen molar-refractivity contribution in [2.75, 3.05) is 6.61 Å². The second kappa shape index (κ2) is 4.84. The summed E-state index contributed by atoms with van der Waals surface area (Å²) in [5.41, 5.74) is 1.68. The van der Waals surface area contributed by atoms with Crippen LogP contribution in [0.25, 0.3) is 6.08 Å². The predicted octanol–water partition coefficient (Wildman–Crippen LogP) is 2.59. The van der Waals surface area contributed by atoms with Gasteiger partial charge in [-0.3, -0.25) is 9.59 Å². The van der Waals surface area contributed by atoms with Gasteiger partial charge in [0.15, 0.2) is 0 Å². The summed E-state index contributed by atoms with van der Waals surface area (Å²) in [5.74, 6) is -1.34. The standard InChI is InChI=1S/C13H11BrO3/c1-8(15)12-10(7-17-13(12)16)6-9-2-4-11(14)5-3-9/h2-6,12H,7H2,1H3. The summed E-state index contributed by atoms with van der Waals surface area (Å²) in [4.78, 5) is 22.7. The van der Waals surface area contributed by atoms with E-state index in [4.69, 9.17) is 4.74 Å². The van der Waals surface area contributed by atoms with E-state index in [1.54, 1.807) is 0 Å². The number of Topliss-reactive ketones (excluding diaryl/α,β-unsaturated/α-hetero) is 1. The molecule has 0 aromatic heterocycles. The minimum atomic E-state index is -0.723. The lowest BCUT2D eigenvalue weighted by molar-refractivity contribution is -0.143. The lowest BCUT2D eigenvalue weighted by Crippen LogP contribution is -2.17. The van der Waals surface area contributed by atoms with Crippen LogP contribution in [0, 0.1) is 5.92 Å². The van der Waals surface area contributed by atoms with Gasteiger partial charge in [0, 0.05) is 4.47 Å². The van der Waals surface area contributed by atoms with E-state index in [9.17, 15) is 9.59 Å². The zero-order valence-corrected chi connectivity index (χ0v) is 10.9. The Balaban J connectivity index is 2.30. The molecule has 0 aliphatic carbocycles. The van der Waals surface area contributed by atoms with Crippen molar-refractivity contribution in [3.63, 3.8) is 0 Å². The van der Waals surface area contributed by atoms with Crippen molar-refractivity contribution in [2.24, 2.45) is 5.92 Å². The van der Waals surface area contributed by atoms with Crippen LogP contribution in [0.3, 0.4) is 0 Å². The third-order valence-corrected chi connectivity index (χ3v) is 3.14. The van der Waals surface area contributed by atoms with E-state index in [0.717, 1.165) is 15.6 Å². The summed E-state index contributed by atoms with van der Waals surface area (Å²) < 4.78 is 5.89. The number of benzene rings is 1. The van der Waals surface area contributed by atoms with Crippen molar-refractivity contribution < 1.29 is 14.3 Å². The largest absolute Gasteiger partial charge is 0.460 e. The number of hydrogen-bond donors (Lipinski definition) is 0. The molecule has 0 saturated carbocycles. The highest BCUT2D eigenvalue weighted by Gasteiger charge is 2.35. The maximum absolute atomic E-state index is 11.4. The Morgan fingerprint density at radius 1 is 1.41 bits per heavy atom. The molecule has 4 heteroatoms. The predicted molar refractivity (Wildman–Crippen MR) is 67.2 cm³/mol. The van der Waals surface area contributed by atoms with Crippen LogP contribution in [0.1, 0.15) is 12.5 Å². The van der Waals surface area contributed by atoms with Crippen LogP contribution in [0.4, 0.5) is 0 Å². The fourth-order valence-corrected chi connectivity index (χ4v) is 2.06. The Morgan fingerprint density at radius 3 is 2.65 bits per heavy atom. The van der Waals surface area contributed by atoms with Gasteiger partial charge in [-0.05, 0) is 30.2 Å². The fourth-order valence-electron chi connectivity index (χ4n) is 1.80. The highest BCUT2D eigenvalue weighted by atomic mass is 79.9. The van der Waals surface area contributed by atoms with E-state index < -0.39 is 11.9 Å². The molecule has 0 amide bonds. The molecule has 0 bridgehead atoms. The van der Waals surface area contributed by atoms with Crippen molar-refractivity contribution in [3.8, 4) is 0 Å². The van der Waals surface area contributed by atoms with Gasteiger partial charge in [-0.25, -0.2) is 0 Å². The van der Waals surface area contributed by atoms with Crippen LogP contribution in [-0.4, -0.2) is 18.4 Å². The van der Waals surface area contributed by atoms with Crippen molar-refractivity contribution in [1.29, 1.82) is 0 Å². The summed E-state index contributed by atoms with van der Waals surface area (Å²) in [6, 6.07) is 7.65. The molecule has 1 heterocycles. The first-order valence-electron chi connectivity index (χ1n) is 5.21. The highest BCUT2D eigenvalue weighted by molar-refractivity contribution is 9.10. The van der Waals surface area contributed by atoms with Gasteiger partial charge in [-0.1, -0.05) is 34.1 Å². The number of hydrogen-bond acceptors (Lipinski definition) is 3. The molecule has 0 spiro atoms. The maximum atomic E-state index is 11.4.